The van der Waals surface area contributed by atoms with Gasteiger partial charge in [-0.25, -0.2) is 14.4 Å². The predicted molar refractivity (Wildman–Crippen MR) is 121 cm³/mol. The topological polar surface area (TPSA) is 107 Å². The van der Waals surface area contributed by atoms with Gasteiger partial charge in [-0.2, -0.15) is 0 Å². The van der Waals surface area contributed by atoms with E-state index in [0.29, 0.717) is 27.3 Å². The third-order valence-corrected chi connectivity index (χ3v) is 5.11. The maximum absolute atomic E-state index is 14.4. The highest BCUT2D eigenvalue weighted by Gasteiger charge is 2.18. The van der Waals surface area contributed by atoms with Crippen LogP contribution in [0.5, 0.6) is 0 Å². The first-order chi connectivity index (χ1) is 15.3. The molecule has 0 aliphatic heterocycles. The fourth-order valence-corrected chi connectivity index (χ4v) is 3.36. The number of aryl methyl sites for hydroxylation is 1. The van der Waals surface area contributed by atoms with Gasteiger partial charge in [-0.3, -0.25) is 4.79 Å². The molecule has 32 heavy (non-hydrogen) atoms. The Bertz CT molecular complexity index is 1110. The number of carbonyl (C=O) groups is 1. The fourth-order valence-electron chi connectivity index (χ4n) is 3.16. The van der Waals surface area contributed by atoms with Crippen LogP contribution in [0, 0.1) is 12.7 Å². The lowest BCUT2D eigenvalue weighted by molar-refractivity contribution is 0.0916. The molecule has 1 amide bonds. The monoisotopic (exact) mass is 458 g/mol. The summed E-state index contributed by atoms with van der Waals surface area (Å²) in [7, 11) is 0. The molecule has 0 saturated heterocycles. The minimum Gasteiger partial charge on any atom is -0.394 e. The van der Waals surface area contributed by atoms with Crippen LogP contribution in [-0.4, -0.2) is 45.3 Å². The number of nitrogens with zero attached hydrogens (tertiary/aromatic N) is 2. The highest BCUT2D eigenvalue weighted by atomic mass is 35.5. The van der Waals surface area contributed by atoms with E-state index in [0.717, 1.165) is 6.20 Å². The van der Waals surface area contributed by atoms with Crippen molar-refractivity contribution in [2.75, 3.05) is 18.5 Å². The lowest BCUT2D eigenvalue weighted by Crippen LogP contribution is -2.30. The normalized spacial score (nSPS) is 12.8. The average molecular weight is 459 g/mol. The number of nitrogens with one attached hydrogen (secondary N) is 2. The summed E-state index contributed by atoms with van der Waals surface area (Å²) < 4.78 is 14.4. The largest absolute Gasteiger partial charge is 0.394 e. The van der Waals surface area contributed by atoms with Crippen molar-refractivity contribution >= 4 is 23.5 Å². The third kappa shape index (κ3) is 5.59. The number of amides is 1. The molecular formula is C23H24ClFN4O3. The molecule has 9 heteroatoms. The number of rotatable bonds is 8. The number of aliphatic hydroxyl groups is 2. The zero-order valence-corrected chi connectivity index (χ0v) is 18.4. The van der Waals surface area contributed by atoms with E-state index in [4.69, 9.17) is 11.6 Å². The van der Waals surface area contributed by atoms with Crippen molar-refractivity contribution in [1.82, 2.24) is 15.3 Å². The van der Waals surface area contributed by atoms with E-state index in [1.165, 1.54) is 0 Å². The molecule has 0 bridgehead atoms. The van der Waals surface area contributed by atoms with Crippen molar-refractivity contribution in [3.8, 4) is 11.3 Å². The van der Waals surface area contributed by atoms with Gasteiger partial charge in [-0.1, -0.05) is 29.8 Å². The number of halogens is 2. The Hall–Kier alpha value is -3.07. The van der Waals surface area contributed by atoms with Crippen molar-refractivity contribution in [2.24, 2.45) is 0 Å². The van der Waals surface area contributed by atoms with Gasteiger partial charge in [0.15, 0.2) is 5.82 Å². The first-order valence-corrected chi connectivity index (χ1v) is 10.4. The minimum absolute atomic E-state index is 0.0873. The predicted octanol–water partition coefficient (Wildman–Crippen LogP) is 3.50. The minimum atomic E-state index is -0.623. The Morgan fingerprint density at radius 2 is 1.97 bits per heavy atom. The van der Waals surface area contributed by atoms with Crippen molar-refractivity contribution in [3.05, 3.63) is 76.2 Å². The molecule has 0 spiro atoms. The summed E-state index contributed by atoms with van der Waals surface area (Å²) in [5.74, 6) is -0.800. The summed E-state index contributed by atoms with van der Waals surface area (Å²) in [5.41, 5.74) is 2.27. The Balaban J connectivity index is 1.83. The van der Waals surface area contributed by atoms with Crippen LogP contribution in [0.25, 0.3) is 11.3 Å². The van der Waals surface area contributed by atoms with Gasteiger partial charge in [0.25, 0.3) is 5.91 Å². The molecule has 3 aromatic rings. The number of hydrogen-bond acceptors (Lipinski definition) is 6. The van der Waals surface area contributed by atoms with Gasteiger partial charge in [0.1, 0.15) is 5.69 Å². The van der Waals surface area contributed by atoms with E-state index < -0.39 is 11.9 Å². The van der Waals surface area contributed by atoms with Gasteiger partial charge in [-0.15, -0.1) is 0 Å². The molecule has 3 rings (SSSR count). The third-order valence-electron chi connectivity index (χ3n) is 4.88. The Labute approximate surface area is 190 Å². The number of hydrogen-bond donors (Lipinski definition) is 4. The maximum Gasteiger partial charge on any atom is 0.251 e. The standard InChI is InChI=1S/C23H24ClFN4O3/c1-13-8-16(22(32)28-20(12-31)15-4-3-5-17(24)9-15)6-7-18(13)21-19(25)10-26-23(29-21)27-14(2)11-30/h3-10,14,20,30-31H,11-12H2,1-2H3,(H,28,32)(H,26,27,29). The van der Waals surface area contributed by atoms with Gasteiger partial charge >= 0.3 is 0 Å². The second kappa shape index (κ2) is 10.5. The number of anilines is 1. The second-order valence-electron chi connectivity index (χ2n) is 7.41. The van der Waals surface area contributed by atoms with E-state index in [2.05, 4.69) is 20.6 Å². The number of carbonyl (C=O) groups excluding carboxylic acids is 1. The zero-order chi connectivity index (χ0) is 23.3. The molecule has 0 saturated carbocycles. The quantitative estimate of drug-likeness (QED) is 0.411. The summed E-state index contributed by atoms with van der Waals surface area (Å²) in [5, 5.41) is 25.1. The van der Waals surface area contributed by atoms with Gasteiger partial charge in [0.05, 0.1) is 25.5 Å². The lowest BCUT2D eigenvalue weighted by atomic mass is 10.0. The molecule has 0 aliphatic rings. The Morgan fingerprint density at radius 3 is 2.62 bits per heavy atom. The van der Waals surface area contributed by atoms with Gasteiger partial charge in [-0.05, 0) is 49.2 Å². The summed E-state index contributed by atoms with van der Waals surface area (Å²) in [6, 6.07) is 10.8. The van der Waals surface area contributed by atoms with Crippen LogP contribution in [0.4, 0.5) is 10.3 Å². The number of aliphatic hydroxyl groups excluding tert-OH is 2. The van der Waals surface area contributed by atoms with Crippen LogP contribution < -0.4 is 10.6 Å². The molecule has 1 aromatic heterocycles. The van der Waals surface area contributed by atoms with E-state index >= 15 is 0 Å². The van der Waals surface area contributed by atoms with Crippen molar-refractivity contribution in [1.29, 1.82) is 0 Å². The van der Waals surface area contributed by atoms with E-state index in [-0.39, 0.29) is 36.8 Å². The van der Waals surface area contributed by atoms with E-state index in [9.17, 15) is 19.4 Å². The van der Waals surface area contributed by atoms with Crippen LogP contribution >= 0.6 is 11.6 Å². The first-order valence-electron chi connectivity index (χ1n) is 10.0. The zero-order valence-electron chi connectivity index (χ0n) is 17.6. The highest BCUT2D eigenvalue weighted by Crippen LogP contribution is 2.26. The highest BCUT2D eigenvalue weighted by molar-refractivity contribution is 6.30. The summed E-state index contributed by atoms with van der Waals surface area (Å²) in [6.45, 7) is 3.08. The Morgan fingerprint density at radius 1 is 1.19 bits per heavy atom. The molecule has 0 aliphatic carbocycles. The SMILES string of the molecule is Cc1cc(C(=O)NC(CO)c2cccc(Cl)c2)ccc1-c1nc(NC(C)CO)ncc1F. The lowest BCUT2D eigenvalue weighted by Gasteiger charge is -2.18. The van der Waals surface area contributed by atoms with E-state index in [1.54, 1.807) is 56.3 Å². The van der Waals surface area contributed by atoms with Crippen LogP contribution in [0.3, 0.4) is 0 Å². The number of benzene rings is 2. The van der Waals surface area contributed by atoms with Crippen molar-refractivity contribution in [3.63, 3.8) is 0 Å². The molecule has 0 radical (unpaired) electrons. The molecule has 2 unspecified atom stereocenters. The number of aromatic nitrogens is 2. The van der Waals surface area contributed by atoms with E-state index in [1.807, 2.05) is 0 Å². The summed E-state index contributed by atoms with van der Waals surface area (Å²) in [6.07, 6.45) is 1.06. The summed E-state index contributed by atoms with van der Waals surface area (Å²) in [4.78, 5) is 20.9. The average Bonchev–Trinajstić information content (AvgIpc) is 2.78. The molecule has 1 heterocycles. The van der Waals surface area contributed by atoms with Gasteiger partial charge < -0.3 is 20.8 Å². The second-order valence-corrected chi connectivity index (χ2v) is 7.85. The van der Waals surface area contributed by atoms with Gasteiger partial charge in [0, 0.05) is 22.2 Å². The maximum atomic E-state index is 14.4. The van der Waals surface area contributed by atoms with Crippen LogP contribution in [0.15, 0.2) is 48.7 Å². The van der Waals surface area contributed by atoms with Crippen molar-refractivity contribution < 1.29 is 19.4 Å². The summed E-state index contributed by atoms with van der Waals surface area (Å²) >= 11 is 6.00. The molecule has 168 valence electrons. The molecule has 2 aromatic carbocycles. The smallest absolute Gasteiger partial charge is 0.251 e. The molecular weight excluding hydrogens is 435 g/mol. The molecule has 4 N–H and O–H groups in total. The Kier molecular flexibility index (Phi) is 7.74. The van der Waals surface area contributed by atoms with Gasteiger partial charge in [0.2, 0.25) is 5.95 Å². The van der Waals surface area contributed by atoms with Crippen LogP contribution in [0.1, 0.15) is 34.5 Å². The first kappa shape index (κ1) is 23.6. The molecule has 0 fully saturated rings. The molecule has 2 atom stereocenters. The fraction of sp³-hybridized carbons (Fsp3) is 0.261. The molecule has 7 nitrogen and oxygen atoms in total. The van der Waals surface area contributed by atoms with Crippen LogP contribution in [-0.2, 0) is 0 Å². The van der Waals surface area contributed by atoms with Crippen molar-refractivity contribution in [2.45, 2.75) is 25.9 Å². The van der Waals surface area contributed by atoms with Crippen LogP contribution in [0.2, 0.25) is 5.02 Å².